The van der Waals surface area contributed by atoms with Crippen LogP contribution in [0.25, 0.3) is 11.4 Å². The lowest BCUT2D eigenvalue weighted by molar-refractivity contribution is 0.569. The number of aromatic amines is 2. The Morgan fingerprint density at radius 1 is 1.38 bits per heavy atom. The van der Waals surface area contributed by atoms with Gasteiger partial charge in [-0.3, -0.25) is 10.2 Å². The molecule has 3 rings (SSSR count). The van der Waals surface area contributed by atoms with Crippen molar-refractivity contribution in [2.24, 2.45) is 5.73 Å². The van der Waals surface area contributed by atoms with Gasteiger partial charge in [0.1, 0.15) is 11.4 Å². The van der Waals surface area contributed by atoms with Crippen LogP contribution in [0.2, 0.25) is 0 Å². The number of aromatic nitrogens is 4. The molecule has 0 spiro atoms. The second-order valence-corrected chi connectivity index (χ2v) is 4.47. The highest BCUT2D eigenvalue weighted by Crippen LogP contribution is 2.28. The molecule has 1 aliphatic carbocycles. The Hall–Kier alpha value is -1.62. The van der Waals surface area contributed by atoms with Crippen molar-refractivity contribution in [2.45, 2.75) is 32.2 Å². The van der Waals surface area contributed by atoms with Gasteiger partial charge < -0.3 is 5.73 Å². The standard InChI is InChI=1S/C11H15N5/c1-6-4-10(15-13-6)11-8-3-2-7(12)5-9(8)14-16-11/h4,7H,2-3,5,12H2,1H3,(H,13,15)(H,14,16). The Morgan fingerprint density at radius 3 is 3.00 bits per heavy atom. The first-order valence-corrected chi connectivity index (χ1v) is 5.58. The number of nitrogens with one attached hydrogen (secondary N) is 2. The molecule has 2 heterocycles. The predicted octanol–water partition coefficient (Wildman–Crippen LogP) is 0.924. The monoisotopic (exact) mass is 217 g/mol. The van der Waals surface area contributed by atoms with Crippen molar-refractivity contribution in [1.29, 1.82) is 0 Å². The summed E-state index contributed by atoms with van der Waals surface area (Å²) in [7, 11) is 0. The fraction of sp³-hybridized carbons (Fsp3) is 0.455. The Kier molecular flexibility index (Phi) is 2.07. The molecule has 0 aliphatic heterocycles. The first-order chi connectivity index (χ1) is 7.74. The molecule has 16 heavy (non-hydrogen) atoms. The topological polar surface area (TPSA) is 83.4 Å². The minimum Gasteiger partial charge on any atom is -0.327 e. The molecule has 1 aliphatic rings. The molecule has 0 radical (unpaired) electrons. The van der Waals surface area contributed by atoms with Crippen molar-refractivity contribution >= 4 is 0 Å². The molecule has 0 saturated carbocycles. The predicted molar refractivity (Wildman–Crippen MR) is 60.9 cm³/mol. The molecule has 4 N–H and O–H groups in total. The number of nitrogens with two attached hydrogens (primary N) is 1. The van der Waals surface area contributed by atoms with Crippen molar-refractivity contribution in [3.8, 4) is 11.4 Å². The van der Waals surface area contributed by atoms with Gasteiger partial charge in [-0.05, 0) is 25.8 Å². The van der Waals surface area contributed by atoms with E-state index in [-0.39, 0.29) is 6.04 Å². The average molecular weight is 217 g/mol. The van der Waals surface area contributed by atoms with E-state index in [0.717, 1.165) is 36.3 Å². The highest BCUT2D eigenvalue weighted by Gasteiger charge is 2.22. The number of fused-ring (bicyclic) bond motifs is 1. The van der Waals surface area contributed by atoms with Crippen LogP contribution >= 0.6 is 0 Å². The second kappa shape index (κ2) is 3.45. The van der Waals surface area contributed by atoms with Gasteiger partial charge in [0.15, 0.2) is 0 Å². The van der Waals surface area contributed by atoms with E-state index >= 15 is 0 Å². The summed E-state index contributed by atoms with van der Waals surface area (Å²) in [5.74, 6) is 0. The van der Waals surface area contributed by atoms with Crippen LogP contribution < -0.4 is 5.73 Å². The highest BCUT2D eigenvalue weighted by atomic mass is 15.2. The van der Waals surface area contributed by atoms with Crippen molar-refractivity contribution in [1.82, 2.24) is 20.4 Å². The third-order valence-corrected chi connectivity index (χ3v) is 3.13. The lowest BCUT2D eigenvalue weighted by Crippen LogP contribution is -2.27. The Balaban J connectivity index is 2.03. The second-order valence-electron chi connectivity index (χ2n) is 4.47. The summed E-state index contributed by atoms with van der Waals surface area (Å²) < 4.78 is 0. The number of rotatable bonds is 1. The number of aryl methyl sites for hydroxylation is 1. The van der Waals surface area contributed by atoms with Crippen molar-refractivity contribution < 1.29 is 0 Å². The first-order valence-electron chi connectivity index (χ1n) is 5.58. The quantitative estimate of drug-likeness (QED) is 0.664. The normalized spacial score (nSPS) is 19.8. The zero-order valence-corrected chi connectivity index (χ0v) is 9.25. The fourth-order valence-electron chi connectivity index (χ4n) is 2.28. The molecule has 0 amide bonds. The molecule has 0 bridgehead atoms. The third kappa shape index (κ3) is 1.44. The average Bonchev–Trinajstić information content (AvgIpc) is 2.83. The van der Waals surface area contributed by atoms with E-state index in [1.165, 1.54) is 11.3 Å². The van der Waals surface area contributed by atoms with Gasteiger partial charge >= 0.3 is 0 Å². The van der Waals surface area contributed by atoms with Crippen molar-refractivity contribution in [2.75, 3.05) is 0 Å². The lowest BCUT2D eigenvalue weighted by Gasteiger charge is -2.17. The van der Waals surface area contributed by atoms with E-state index in [2.05, 4.69) is 20.4 Å². The van der Waals surface area contributed by atoms with Crippen LogP contribution in [0, 0.1) is 6.92 Å². The van der Waals surface area contributed by atoms with Crippen LogP contribution in [0.4, 0.5) is 0 Å². The Morgan fingerprint density at radius 2 is 2.25 bits per heavy atom. The maximum Gasteiger partial charge on any atom is 0.116 e. The molecule has 5 nitrogen and oxygen atoms in total. The summed E-state index contributed by atoms with van der Waals surface area (Å²) in [5.41, 5.74) is 11.3. The number of hydrogen-bond donors (Lipinski definition) is 3. The van der Waals surface area contributed by atoms with E-state index in [9.17, 15) is 0 Å². The Bertz CT molecular complexity index is 510. The van der Waals surface area contributed by atoms with Gasteiger partial charge in [0, 0.05) is 29.4 Å². The smallest absolute Gasteiger partial charge is 0.116 e. The number of hydrogen-bond acceptors (Lipinski definition) is 3. The number of H-pyrrole nitrogens is 2. The van der Waals surface area contributed by atoms with Crippen molar-refractivity contribution in [3.63, 3.8) is 0 Å². The van der Waals surface area contributed by atoms with E-state index in [1.54, 1.807) is 0 Å². The Labute approximate surface area is 93.4 Å². The minimum atomic E-state index is 0.265. The zero-order valence-electron chi connectivity index (χ0n) is 9.25. The van der Waals surface area contributed by atoms with Crippen LogP contribution in [0.3, 0.4) is 0 Å². The molecule has 1 atom stereocenters. The molecule has 2 aromatic rings. The van der Waals surface area contributed by atoms with Gasteiger partial charge in [0.2, 0.25) is 0 Å². The molecule has 84 valence electrons. The molecule has 5 heteroatoms. The summed E-state index contributed by atoms with van der Waals surface area (Å²) >= 11 is 0. The molecule has 0 fully saturated rings. The zero-order chi connectivity index (χ0) is 11.1. The maximum atomic E-state index is 5.93. The van der Waals surface area contributed by atoms with Crippen LogP contribution in [-0.2, 0) is 12.8 Å². The third-order valence-electron chi connectivity index (χ3n) is 3.13. The molecular weight excluding hydrogens is 202 g/mol. The molecule has 0 saturated heterocycles. The molecule has 0 aromatic carbocycles. The van der Waals surface area contributed by atoms with E-state index in [0.29, 0.717) is 0 Å². The van der Waals surface area contributed by atoms with Gasteiger partial charge in [0.25, 0.3) is 0 Å². The van der Waals surface area contributed by atoms with Gasteiger partial charge in [-0.25, -0.2) is 0 Å². The summed E-state index contributed by atoms with van der Waals surface area (Å²) in [6.45, 7) is 1.99. The maximum absolute atomic E-state index is 5.93. The van der Waals surface area contributed by atoms with E-state index in [4.69, 9.17) is 5.73 Å². The number of nitrogens with zero attached hydrogens (tertiary/aromatic N) is 2. The first kappa shape index (κ1) is 9.59. The summed E-state index contributed by atoms with van der Waals surface area (Å²) in [6, 6.07) is 2.28. The van der Waals surface area contributed by atoms with Gasteiger partial charge in [-0.1, -0.05) is 0 Å². The SMILES string of the molecule is Cc1cc(-c2n[nH]c3c2CCC(N)C3)n[nH]1. The van der Waals surface area contributed by atoms with Crippen LogP contribution in [0.15, 0.2) is 6.07 Å². The fourth-order valence-corrected chi connectivity index (χ4v) is 2.28. The summed E-state index contributed by atoms with van der Waals surface area (Å²) in [6.07, 6.45) is 2.92. The lowest BCUT2D eigenvalue weighted by atomic mass is 9.92. The van der Waals surface area contributed by atoms with Crippen LogP contribution in [0.1, 0.15) is 23.4 Å². The van der Waals surface area contributed by atoms with E-state index in [1.807, 2.05) is 13.0 Å². The van der Waals surface area contributed by atoms with Crippen LogP contribution in [0.5, 0.6) is 0 Å². The van der Waals surface area contributed by atoms with Gasteiger partial charge in [-0.2, -0.15) is 10.2 Å². The summed E-state index contributed by atoms with van der Waals surface area (Å²) in [4.78, 5) is 0. The largest absolute Gasteiger partial charge is 0.327 e. The highest BCUT2D eigenvalue weighted by molar-refractivity contribution is 5.60. The van der Waals surface area contributed by atoms with Crippen molar-refractivity contribution in [3.05, 3.63) is 23.0 Å². The molecule has 1 unspecified atom stereocenters. The molecule has 2 aromatic heterocycles. The van der Waals surface area contributed by atoms with Gasteiger partial charge in [-0.15, -0.1) is 0 Å². The summed E-state index contributed by atoms with van der Waals surface area (Å²) in [5, 5.41) is 14.6. The van der Waals surface area contributed by atoms with Crippen LogP contribution in [-0.4, -0.2) is 26.4 Å². The van der Waals surface area contributed by atoms with E-state index < -0.39 is 0 Å². The minimum absolute atomic E-state index is 0.265. The van der Waals surface area contributed by atoms with Gasteiger partial charge in [0.05, 0.1) is 0 Å². The molecular formula is C11H15N5.